The summed E-state index contributed by atoms with van der Waals surface area (Å²) in [7, 11) is 0. The van der Waals surface area contributed by atoms with E-state index in [0.717, 1.165) is 33.8 Å². The highest BCUT2D eigenvalue weighted by Gasteiger charge is 2.12. The second kappa shape index (κ2) is 5.93. The van der Waals surface area contributed by atoms with Crippen LogP contribution in [0.5, 0.6) is 0 Å². The molecule has 23 heavy (non-hydrogen) atoms. The van der Waals surface area contributed by atoms with E-state index < -0.39 is 0 Å². The molecule has 1 aromatic heterocycles. The molecule has 0 bridgehead atoms. The summed E-state index contributed by atoms with van der Waals surface area (Å²) in [6, 6.07) is 14.2. The van der Waals surface area contributed by atoms with Crippen LogP contribution >= 0.6 is 15.9 Å². The molecule has 2 aromatic rings. The standard InChI is InChI=1S/C18H13BrN4/c19-15-5-3-13(4-6-15)11-23-9-7-16-17(12-23)22-18(21-16)14-2-1-8-20-10-14/h1-10,12H,11H2. The lowest BCUT2D eigenvalue weighted by Gasteiger charge is -2.08. The van der Waals surface area contributed by atoms with Gasteiger partial charge in [0.15, 0.2) is 5.82 Å². The highest BCUT2D eigenvalue weighted by atomic mass is 79.9. The van der Waals surface area contributed by atoms with E-state index in [-0.39, 0.29) is 0 Å². The number of aromatic nitrogens is 4. The molecule has 0 atom stereocenters. The average molecular weight is 365 g/mol. The summed E-state index contributed by atoms with van der Waals surface area (Å²) in [5, 5.41) is 0. The van der Waals surface area contributed by atoms with E-state index >= 15 is 0 Å². The Bertz CT molecular complexity index is 900. The SMILES string of the molecule is Brc1ccc(Cn2ccc3nc(-c4cccnc4)nc-3c2)cc1. The third-order valence-electron chi connectivity index (χ3n) is 3.63. The van der Waals surface area contributed by atoms with Gasteiger partial charge in [0.1, 0.15) is 5.69 Å². The second-order valence-electron chi connectivity index (χ2n) is 5.30. The maximum atomic E-state index is 4.62. The lowest BCUT2D eigenvalue weighted by molar-refractivity contribution is 0.789. The quantitative estimate of drug-likeness (QED) is 0.545. The molecule has 3 heterocycles. The van der Waals surface area contributed by atoms with Gasteiger partial charge in [-0.15, -0.1) is 0 Å². The Morgan fingerprint density at radius 2 is 1.78 bits per heavy atom. The first-order valence-corrected chi connectivity index (χ1v) is 8.06. The van der Waals surface area contributed by atoms with Crippen LogP contribution in [0.3, 0.4) is 0 Å². The van der Waals surface area contributed by atoms with Crippen molar-refractivity contribution in [3.63, 3.8) is 0 Å². The number of imidazole rings is 1. The van der Waals surface area contributed by atoms with Gasteiger partial charge >= 0.3 is 0 Å². The average Bonchev–Trinajstić information content (AvgIpc) is 3.01. The van der Waals surface area contributed by atoms with E-state index in [1.54, 1.807) is 12.4 Å². The minimum atomic E-state index is 0.717. The topological polar surface area (TPSA) is 43.6 Å². The summed E-state index contributed by atoms with van der Waals surface area (Å²) in [4.78, 5) is 13.3. The molecule has 2 aliphatic rings. The van der Waals surface area contributed by atoms with Gasteiger partial charge in [0, 0.05) is 41.4 Å². The largest absolute Gasteiger partial charge is 0.348 e. The Hall–Kier alpha value is -2.53. The Labute approximate surface area is 142 Å². The van der Waals surface area contributed by atoms with Crippen molar-refractivity contribution in [1.82, 2.24) is 19.5 Å². The van der Waals surface area contributed by atoms with Crippen molar-refractivity contribution < 1.29 is 0 Å². The summed E-state index contributed by atoms with van der Waals surface area (Å²) in [6.45, 7) is 0.804. The third-order valence-corrected chi connectivity index (χ3v) is 4.15. The minimum Gasteiger partial charge on any atom is -0.348 e. The van der Waals surface area contributed by atoms with Crippen molar-refractivity contribution in [2.45, 2.75) is 6.54 Å². The van der Waals surface area contributed by atoms with Gasteiger partial charge in [-0.3, -0.25) is 4.98 Å². The summed E-state index contributed by atoms with van der Waals surface area (Å²) in [5.41, 5.74) is 3.96. The van der Waals surface area contributed by atoms with Crippen LogP contribution in [0, 0.1) is 0 Å². The zero-order chi connectivity index (χ0) is 15.6. The first-order valence-electron chi connectivity index (χ1n) is 7.26. The van der Waals surface area contributed by atoms with Crippen LogP contribution in [0.1, 0.15) is 5.56 Å². The number of benzene rings is 1. The van der Waals surface area contributed by atoms with Crippen molar-refractivity contribution in [2.75, 3.05) is 0 Å². The van der Waals surface area contributed by atoms with Crippen LogP contribution in [-0.4, -0.2) is 19.5 Å². The zero-order valence-corrected chi connectivity index (χ0v) is 13.8. The molecule has 0 amide bonds. The predicted octanol–water partition coefficient (Wildman–Crippen LogP) is 4.26. The molecule has 0 radical (unpaired) electrons. The first kappa shape index (κ1) is 14.1. The molecular formula is C18H13BrN4. The first-order chi connectivity index (χ1) is 11.3. The normalized spacial score (nSPS) is 11.0. The van der Waals surface area contributed by atoms with Crippen molar-refractivity contribution in [3.05, 3.63) is 77.3 Å². The Kier molecular flexibility index (Phi) is 3.63. The molecule has 2 aliphatic heterocycles. The number of hydrogen-bond donors (Lipinski definition) is 0. The molecule has 0 aliphatic carbocycles. The second-order valence-corrected chi connectivity index (χ2v) is 6.22. The smallest absolute Gasteiger partial charge is 0.162 e. The fraction of sp³-hybridized carbons (Fsp3) is 0.0556. The molecule has 1 aromatic carbocycles. The predicted molar refractivity (Wildman–Crippen MR) is 93.1 cm³/mol. The molecule has 0 N–H and O–H groups in total. The van der Waals surface area contributed by atoms with Crippen LogP contribution in [0.4, 0.5) is 0 Å². The van der Waals surface area contributed by atoms with Gasteiger partial charge in [-0.25, -0.2) is 9.97 Å². The number of pyridine rings is 2. The molecule has 0 saturated heterocycles. The van der Waals surface area contributed by atoms with E-state index in [4.69, 9.17) is 0 Å². The van der Waals surface area contributed by atoms with Crippen LogP contribution in [-0.2, 0) is 6.54 Å². The molecular weight excluding hydrogens is 352 g/mol. The minimum absolute atomic E-state index is 0.717. The zero-order valence-electron chi connectivity index (χ0n) is 12.2. The van der Waals surface area contributed by atoms with E-state index in [1.807, 2.05) is 30.6 Å². The molecule has 112 valence electrons. The number of fused-ring (bicyclic) bond motifs is 1. The van der Waals surface area contributed by atoms with Gasteiger partial charge in [-0.05, 0) is 35.9 Å². The van der Waals surface area contributed by atoms with Gasteiger partial charge in [-0.2, -0.15) is 0 Å². The molecule has 0 fully saturated rings. The van der Waals surface area contributed by atoms with Crippen LogP contribution in [0.25, 0.3) is 22.8 Å². The van der Waals surface area contributed by atoms with E-state index in [0.29, 0.717) is 0 Å². The maximum absolute atomic E-state index is 4.62. The highest BCUT2D eigenvalue weighted by Crippen LogP contribution is 2.24. The van der Waals surface area contributed by atoms with Crippen molar-refractivity contribution >= 4 is 15.9 Å². The van der Waals surface area contributed by atoms with E-state index in [2.05, 4.69) is 59.7 Å². The Balaban J connectivity index is 1.66. The van der Waals surface area contributed by atoms with Crippen LogP contribution < -0.4 is 0 Å². The van der Waals surface area contributed by atoms with Gasteiger partial charge in [-0.1, -0.05) is 28.1 Å². The van der Waals surface area contributed by atoms with E-state index in [9.17, 15) is 0 Å². The Morgan fingerprint density at radius 3 is 2.57 bits per heavy atom. The maximum Gasteiger partial charge on any atom is 0.162 e. The molecule has 0 unspecified atom stereocenters. The molecule has 0 saturated carbocycles. The molecule has 0 spiro atoms. The number of rotatable bonds is 3. The van der Waals surface area contributed by atoms with Crippen molar-refractivity contribution in [2.24, 2.45) is 0 Å². The van der Waals surface area contributed by atoms with Gasteiger partial charge < -0.3 is 4.57 Å². The Morgan fingerprint density at radius 1 is 0.957 bits per heavy atom. The van der Waals surface area contributed by atoms with Gasteiger partial charge in [0.25, 0.3) is 0 Å². The van der Waals surface area contributed by atoms with Crippen molar-refractivity contribution in [1.29, 1.82) is 0 Å². The van der Waals surface area contributed by atoms with Crippen molar-refractivity contribution in [3.8, 4) is 22.8 Å². The fourth-order valence-corrected chi connectivity index (χ4v) is 2.74. The molecule has 5 heteroatoms. The molecule has 4 rings (SSSR count). The lowest BCUT2D eigenvalue weighted by atomic mass is 10.2. The lowest BCUT2D eigenvalue weighted by Crippen LogP contribution is -2.00. The van der Waals surface area contributed by atoms with Crippen LogP contribution in [0.15, 0.2) is 71.7 Å². The number of hydrogen-bond acceptors (Lipinski definition) is 3. The summed E-state index contributed by atoms with van der Waals surface area (Å²) in [6.07, 6.45) is 7.60. The monoisotopic (exact) mass is 364 g/mol. The van der Waals surface area contributed by atoms with E-state index in [1.165, 1.54) is 5.56 Å². The number of halogens is 1. The molecule has 4 nitrogen and oxygen atoms in total. The third kappa shape index (κ3) is 3.00. The van der Waals surface area contributed by atoms with Gasteiger partial charge in [0.2, 0.25) is 0 Å². The van der Waals surface area contributed by atoms with Gasteiger partial charge in [0.05, 0.1) is 5.69 Å². The number of nitrogens with zero attached hydrogens (tertiary/aromatic N) is 4. The summed E-state index contributed by atoms with van der Waals surface area (Å²) >= 11 is 3.46. The summed E-state index contributed by atoms with van der Waals surface area (Å²) < 4.78 is 3.21. The fourth-order valence-electron chi connectivity index (χ4n) is 2.47. The van der Waals surface area contributed by atoms with Crippen LogP contribution in [0.2, 0.25) is 0 Å². The highest BCUT2D eigenvalue weighted by molar-refractivity contribution is 9.10. The summed E-state index contributed by atoms with van der Waals surface area (Å²) in [5.74, 6) is 0.717.